The van der Waals surface area contributed by atoms with Gasteiger partial charge in [0, 0.05) is 12.1 Å². The Morgan fingerprint density at radius 2 is 1.47 bits per heavy atom. The summed E-state index contributed by atoms with van der Waals surface area (Å²) in [5.74, 6) is 0.883. The molecule has 2 aromatic carbocycles. The lowest BCUT2D eigenvalue weighted by atomic mass is 9.63. The van der Waals surface area contributed by atoms with Crippen molar-refractivity contribution in [3.8, 4) is 0 Å². The number of hydrogen-bond acceptors (Lipinski definition) is 3. The molecule has 0 radical (unpaired) electrons. The van der Waals surface area contributed by atoms with Crippen LogP contribution >= 0.6 is 0 Å². The van der Waals surface area contributed by atoms with Crippen LogP contribution in [0, 0.1) is 35.5 Å². The molecule has 6 atom stereocenters. The van der Waals surface area contributed by atoms with Crippen LogP contribution in [0.2, 0.25) is 0 Å². The zero-order valence-corrected chi connectivity index (χ0v) is 16.4. The van der Waals surface area contributed by atoms with Crippen LogP contribution in [0.3, 0.4) is 0 Å². The van der Waals surface area contributed by atoms with Crippen LogP contribution in [0.1, 0.15) is 22.3 Å². The zero-order valence-electron chi connectivity index (χ0n) is 16.4. The van der Waals surface area contributed by atoms with Gasteiger partial charge >= 0.3 is 0 Å². The van der Waals surface area contributed by atoms with Crippen LogP contribution < -0.4 is 10.2 Å². The van der Waals surface area contributed by atoms with Crippen molar-refractivity contribution in [1.82, 2.24) is 5.32 Å². The molecule has 0 spiro atoms. The molecule has 0 aromatic heterocycles. The fourth-order valence-corrected chi connectivity index (χ4v) is 5.85. The fourth-order valence-electron chi connectivity index (χ4n) is 5.85. The smallest absolute Gasteiger partial charge is 0.251 e. The van der Waals surface area contributed by atoms with E-state index in [1.54, 1.807) is 24.3 Å². The first-order chi connectivity index (χ1) is 14.6. The molecule has 4 aliphatic carbocycles. The van der Waals surface area contributed by atoms with Crippen molar-refractivity contribution in [3.63, 3.8) is 0 Å². The van der Waals surface area contributed by atoms with Crippen molar-refractivity contribution >= 4 is 23.4 Å². The summed E-state index contributed by atoms with van der Waals surface area (Å²) >= 11 is 0. The molecule has 2 bridgehead atoms. The second-order valence-electron chi connectivity index (χ2n) is 8.88. The number of nitrogens with zero attached hydrogens (tertiary/aromatic N) is 1. The molecule has 30 heavy (non-hydrogen) atoms. The maximum atomic E-state index is 13.2. The molecule has 0 unspecified atom stereocenters. The van der Waals surface area contributed by atoms with Crippen LogP contribution in [-0.2, 0) is 16.1 Å². The molecule has 5 nitrogen and oxygen atoms in total. The monoisotopic (exact) mass is 398 g/mol. The third-order valence-electron chi connectivity index (χ3n) is 7.35. The number of allylic oxidation sites excluding steroid dienone is 2. The third kappa shape index (κ3) is 2.51. The summed E-state index contributed by atoms with van der Waals surface area (Å²) in [6.07, 6.45) is 5.51. The summed E-state index contributed by atoms with van der Waals surface area (Å²) in [7, 11) is 0. The zero-order chi connectivity index (χ0) is 20.4. The van der Waals surface area contributed by atoms with E-state index in [0.717, 1.165) is 12.0 Å². The highest BCUT2D eigenvalue weighted by atomic mass is 16.2. The van der Waals surface area contributed by atoms with Crippen LogP contribution in [0.15, 0.2) is 66.7 Å². The highest BCUT2D eigenvalue weighted by molar-refractivity contribution is 6.22. The van der Waals surface area contributed by atoms with E-state index < -0.39 is 0 Å². The van der Waals surface area contributed by atoms with E-state index in [0.29, 0.717) is 29.6 Å². The Hall–Kier alpha value is -3.21. The second-order valence-corrected chi connectivity index (χ2v) is 8.88. The molecule has 3 amide bonds. The maximum absolute atomic E-state index is 13.2. The van der Waals surface area contributed by atoms with Gasteiger partial charge in [0.05, 0.1) is 17.5 Å². The first kappa shape index (κ1) is 17.6. The number of imide groups is 1. The lowest BCUT2D eigenvalue weighted by Gasteiger charge is -2.37. The third-order valence-corrected chi connectivity index (χ3v) is 7.35. The quantitative estimate of drug-likeness (QED) is 0.635. The summed E-state index contributed by atoms with van der Waals surface area (Å²) in [5.41, 5.74) is 2.10. The molecule has 5 heteroatoms. The average molecular weight is 398 g/mol. The minimum Gasteiger partial charge on any atom is -0.348 e. The standard InChI is InChI=1S/C25H22N2O3/c28-23(26-13-14-4-2-1-3-5-14)15-6-8-16(9-7-15)27-24(29)21-17-10-11-18(20-12-19(17)20)22(21)25(27)30/h1-11,17-22H,12-13H2,(H,26,28)/t17-,18-,19-,20+,21-,22+/m0/s1. The summed E-state index contributed by atoms with van der Waals surface area (Å²) < 4.78 is 0. The number of amides is 3. The predicted molar refractivity (Wildman–Crippen MR) is 111 cm³/mol. The summed E-state index contributed by atoms with van der Waals surface area (Å²) in [6.45, 7) is 0.450. The van der Waals surface area contributed by atoms with E-state index in [1.807, 2.05) is 30.3 Å². The molecule has 1 N–H and O–H groups in total. The molecule has 1 heterocycles. The van der Waals surface area contributed by atoms with Gasteiger partial charge in [0.15, 0.2) is 0 Å². The van der Waals surface area contributed by atoms with Crippen molar-refractivity contribution in [2.45, 2.75) is 13.0 Å². The normalized spacial score (nSPS) is 32.7. The Bertz CT molecular complexity index is 1040. The van der Waals surface area contributed by atoms with Gasteiger partial charge in [-0.25, -0.2) is 0 Å². The van der Waals surface area contributed by atoms with Crippen LogP contribution in [0.25, 0.3) is 0 Å². The van der Waals surface area contributed by atoms with Crippen molar-refractivity contribution < 1.29 is 14.4 Å². The van der Waals surface area contributed by atoms with E-state index in [-0.39, 0.29) is 41.4 Å². The molecule has 2 saturated carbocycles. The summed E-state index contributed by atoms with van der Waals surface area (Å²) in [6, 6.07) is 16.5. The van der Waals surface area contributed by atoms with Gasteiger partial charge < -0.3 is 5.32 Å². The number of anilines is 1. The van der Waals surface area contributed by atoms with Gasteiger partial charge in [-0.2, -0.15) is 0 Å². The van der Waals surface area contributed by atoms with Crippen LogP contribution in [0.5, 0.6) is 0 Å². The first-order valence-corrected chi connectivity index (χ1v) is 10.6. The Balaban J connectivity index is 1.19. The predicted octanol–water partition coefficient (Wildman–Crippen LogP) is 3.17. The van der Waals surface area contributed by atoms with E-state index in [4.69, 9.17) is 0 Å². The highest BCUT2D eigenvalue weighted by Gasteiger charge is 2.67. The van der Waals surface area contributed by atoms with Crippen LogP contribution in [0.4, 0.5) is 5.69 Å². The van der Waals surface area contributed by atoms with Crippen LogP contribution in [-0.4, -0.2) is 17.7 Å². The average Bonchev–Trinajstić information content (AvgIpc) is 3.56. The summed E-state index contributed by atoms with van der Waals surface area (Å²) in [5, 5.41) is 2.90. The number of nitrogens with one attached hydrogen (secondary N) is 1. The van der Waals surface area contributed by atoms with Gasteiger partial charge in [0.2, 0.25) is 11.8 Å². The molecule has 2 aromatic rings. The molecule has 1 aliphatic heterocycles. The lowest BCUT2D eigenvalue weighted by molar-refractivity contribution is -0.124. The van der Waals surface area contributed by atoms with Gasteiger partial charge in [-0.05, 0) is 59.9 Å². The topological polar surface area (TPSA) is 66.5 Å². The SMILES string of the molecule is O=C(NCc1ccccc1)c1ccc(N2C(=O)[C@@H]3[C@H]4C=C[C@@H]([C@@H]5C[C@H]45)[C@@H]3C2=O)cc1. The highest BCUT2D eigenvalue weighted by Crippen LogP contribution is 2.65. The van der Waals surface area contributed by atoms with Crippen molar-refractivity contribution in [2.75, 3.05) is 4.90 Å². The molecule has 3 fully saturated rings. The lowest BCUT2D eigenvalue weighted by Crippen LogP contribution is -2.40. The van der Waals surface area contributed by atoms with Crippen molar-refractivity contribution in [3.05, 3.63) is 77.9 Å². The Kier molecular flexibility index (Phi) is 3.76. The van der Waals surface area contributed by atoms with Gasteiger partial charge in [-0.1, -0.05) is 42.5 Å². The number of hydrogen-bond donors (Lipinski definition) is 1. The number of benzene rings is 2. The molecular formula is C25H22N2O3. The summed E-state index contributed by atoms with van der Waals surface area (Å²) in [4.78, 5) is 40.2. The molecule has 150 valence electrons. The molecule has 1 saturated heterocycles. The Labute approximate surface area is 174 Å². The van der Waals surface area contributed by atoms with Crippen molar-refractivity contribution in [2.24, 2.45) is 35.5 Å². The van der Waals surface area contributed by atoms with Crippen molar-refractivity contribution in [1.29, 1.82) is 0 Å². The minimum atomic E-state index is -0.204. The second kappa shape index (κ2) is 6.39. The molecular weight excluding hydrogens is 376 g/mol. The van der Waals surface area contributed by atoms with E-state index in [1.165, 1.54) is 4.90 Å². The van der Waals surface area contributed by atoms with Gasteiger partial charge in [0.25, 0.3) is 5.91 Å². The van der Waals surface area contributed by atoms with Gasteiger partial charge in [-0.15, -0.1) is 0 Å². The first-order valence-electron chi connectivity index (χ1n) is 10.6. The number of rotatable bonds is 4. The minimum absolute atomic E-state index is 0.0732. The number of carbonyl (C=O) groups is 3. The van der Waals surface area contributed by atoms with E-state index in [2.05, 4.69) is 17.5 Å². The van der Waals surface area contributed by atoms with E-state index >= 15 is 0 Å². The largest absolute Gasteiger partial charge is 0.348 e. The van der Waals surface area contributed by atoms with Gasteiger partial charge in [0.1, 0.15) is 0 Å². The Morgan fingerprint density at radius 1 is 0.867 bits per heavy atom. The van der Waals surface area contributed by atoms with Gasteiger partial charge in [-0.3, -0.25) is 19.3 Å². The van der Waals surface area contributed by atoms with E-state index in [9.17, 15) is 14.4 Å². The number of carbonyl (C=O) groups excluding carboxylic acids is 3. The molecule has 7 rings (SSSR count). The fraction of sp³-hybridized carbons (Fsp3) is 0.320. The Morgan fingerprint density at radius 3 is 2.07 bits per heavy atom. The maximum Gasteiger partial charge on any atom is 0.251 e. The molecule has 5 aliphatic rings.